The van der Waals surface area contributed by atoms with Gasteiger partial charge < -0.3 is 5.32 Å². The van der Waals surface area contributed by atoms with E-state index in [1.54, 1.807) is 18.2 Å². The fourth-order valence-corrected chi connectivity index (χ4v) is 3.86. The molecular weight excluding hydrogens is 404 g/mol. The third-order valence-electron chi connectivity index (χ3n) is 5.18. The van der Waals surface area contributed by atoms with Crippen molar-refractivity contribution >= 4 is 34.7 Å². The normalized spacial score (nSPS) is 12.3. The van der Waals surface area contributed by atoms with Crippen LogP contribution in [0.15, 0.2) is 60.7 Å². The third-order valence-corrected chi connectivity index (χ3v) is 5.50. The van der Waals surface area contributed by atoms with E-state index in [0.717, 1.165) is 25.3 Å². The zero-order valence-electron chi connectivity index (χ0n) is 15.9. The second kappa shape index (κ2) is 8.08. The van der Waals surface area contributed by atoms with Crippen molar-refractivity contribution in [3.05, 3.63) is 104 Å². The quantitative estimate of drug-likeness (QED) is 0.348. The minimum absolute atomic E-state index is 0.0563. The van der Waals surface area contributed by atoms with Gasteiger partial charge in [0.25, 0.3) is 11.6 Å². The summed E-state index contributed by atoms with van der Waals surface area (Å²) in [5.41, 5.74) is 3.28. The number of halogens is 1. The number of rotatable bonds is 5. The number of ketones is 1. The van der Waals surface area contributed by atoms with Gasteiger partial charge in [0.1, 0.15) is 5.02 Å². The molecule has 0 radical (unpaired) electrons. The van der Waals surface area contributed by atoms with E-state index in [9.17, 15) is 19.7 Å². The van der Waals surface area contributed by atoms with Gasteiger partial charge in [0.15, 0.2) is 5.78 Å². The number of nitro groups is 1. The maximum Gasteiger partial charge on any atom is 0.288 e. The van der Waals surface area contributed by atoms with E-state index in [-0.39, 0.29) is 27.4 Å². The smallest absolute Gasteiger partial charge is 0.288 e. The van der Waals surface area contributed by atoms with Crippen molar-refractivity contribution in [2.45, 2.75) is 19.3 Å². The molecule has 0 aromatic heterocycles. The summed E-state index contributed by atoms with van der Waals surface area (Å²) >= 11 is 5.84. The summed E-state index contributed by atoms with van der Waals surface area (Å²) in [6.45, 7) is 0. The van der Waals surface area contributed by atoms with Gasteiger partial charge in [-0.05, 0) is 60.7 Å². The summed E-state index contributed by atoms with van der Waals surface area (Å²) in [5, 5.41) is 13.9. The first-order valence-corrected chi connectivity index (χ1v) is 9.82. The lowest BCUT2D eigenvalue weighted by Gasteiger charge is -2.11. The van der Waals surface area contributed by atoms with Gasteiger partial charge >= 0.3 is 0 Å². The van der Waals surface area contributed by atoms with Crippen LogP contribution >= 0.6 is 11.6 Å². The number of nitro benzene ring substituents is 1. The van der Waals surface area contributed by atoms with Crippen molar-refractivity contribution in [1.82, 2.24) is 0 Å². The van der Waals surface area contributed by atoms with E-state index >= 15 is 0 Å². The molecule has 0 spiro atoms. The van der Waals surface area contributed by atoms with Crippen LogP contribution in [0.4, 0.5) is 11.4 Å². The van der Waals surface area contributed by atoms with Crippen molar-refractivity contribution in [3.63, 3.8) is 0 Å². The fourth-order valence-electron chi connectivity index (χ4n) is 3.68. The van der Waals surface area contributed by atoms with Crippen LogP contribution in [-0.2, 0) is 12.8 Å². The summed E-state index contributed by atoms with van der Waals surface area (Å²) in [4.78, 5) is 36.4. The monoisotopic (exact) mass is 420 g/mol. The lowest BCUT2D eigenvalue weighted by molar-refractivity contribution is -0.384. The topological polar surface area (TPSA) is 89.3 Å². The highest BCUT2D eigenvalue weighted by molar-refractivity contribution is 6.33. The second-order valence-corrected chi connectivity index (χ2v) is 7.50. The number of carbonyl (C=O) groups excluding carboxylic acids is 2. The van der Waals surface area contributed by atoms with Gasteiger partial charge in [-0.1, -0.05) is 35.9 Å². The fraction of sp³-hybridized carbons (Fsp3) is 0.130. The van der Waals surface area contributed by atoms with Crippen LogP contribution in [0.3, 0.4) is 0 Å². The highest BCUT2D eigenvalue weighted by atomic mass is 35.5. The Balaban J connectivity index is 1.64. The Morgan fingerprint density at radius 1 is 0.933 bits per heavy atom. The zero-order valence-corrected chi connectivity index (χ0v) is 16.6. The van der Waals surface area contributed by atoms with E-state index in [4.69, 9.17) is 11.6 Å². The molecule has 30 heavy (non-hydrogen) atoms. The summed E-state index contributed by atoms with van der Waals surface area (Å²) in [7, 11) is 0. The van der Waals surface area contributed by atoms with E-state index in [1.807, 2.05) is 18.2 Å². The van der Waals surface area contributed by atoms with E-state index in [0.29, 0.717) is 5.69 Å². The molecule has 3 aromatic rings. The number of hydrogen-bond acceptors (Lipinski definition) is 4. The second-order valence-electron chi connectivity index (χ2n) is 7.09. The largest absolute Gasteiger partial charge is 0.322 e. The van der Waals surface area contributed by atoms with Crippen molar-refractivity contribution in [2.75, 3.05) is 5.32 Å². The molecule has 7 heteroatoms. The van der Waals surface area contributed by atoms with E-state index in [1.165, 1.54) is 29.3 Å². The first-order chi connectivity index (χ1) is 14.4. The van der Waals surface area contributed by atoms with Crippen LogP contribution in [-0.4, -0.2) is 16.6 Å². The van der Waals surface area contributed by atoms with Crippen molar-refractivity contribution in [1.29, 1.82) is 0 Å². The van der Waals surface area contributed by atoms with E-state index < -0.39 is 16.6 Å². The van der Waals surface area contributed by atoms with E-state index in [2.05, 4.69) is 5.32 Å². The first kappa shape index (κ1) is 19.8. The first-order valence-electron chi connectivity index (χ1n) is 9.45. The van der Waals surface area contributed by atoms with Gasteiger partial charge in [0, 0.05) is 22.9 Å². The van der Waals surface area contributed by atoms with Gasteiger partial charge in [0.2, 0.25) is 0 Å². The average molecular weight is 421 g/mol. The molecule has 1 aliphatic rings. The van der Waals surface area contributed by atoms with Crippen molar-refractivity contribution in [3.8, 4) is 0 Å². The summed E-state index contributed by atoms with van der Waals surface area (Å²) in [6.07, 6.45) is 3.15. The Bertz CT molecular complexity index is 1190. The van der Waals surface area contributed by atoms with Gasteiger partial charge in [-0.2, -0.15) is 0 Å². The number of nitrogens with zero attached hydrogens (tertiary/aromatic N) is 1. The van der Waals surface area contributed by atoms with Gasteiger partial charge in [0.05, 0.1) is 10.5 Å². The predicted octanol–water partition coefficient (Wildman–Crippen LogP) is 5.22. The molecule has 1 aliphatic carbocycles. The molecule has 0 saturated carbocycles. The predicted molar refractivity (Wildman–Crippen MR) is 114 cm³/mol. The van der Waals surface area contributed by atoms with Gasteiger partial charge in [-0.25, -0.2) is 0 Å². The Kier molecular flexibility index (Phi) is 5.33. The Hall–Kier alpha value is -3.51. The average Bonchev–Trinajstić information content (AvgIpc) is 3.21. The van der Waals surface area contributed by atoms with Crippen LogP contribution in [0.1, 0.15) is 43.8 Å². The third kappa shape index (κ3) is 3.82. The molecule has 6 nitrogen and oxygen atoms in total. The number of amides is 1. The molecule has 0 fully saturated rings. The van der Waals surface area contributed by atoms with Crippen LogP contribution < -0.4 is 5.32 Å². The summed E-state index contributed by atoms with van der Waals surface area (Å²) in [5.74, 6) is -0.908. The number of anilines is 1. The lowest BCUT2D eigenvalue weighted by Crippen LogP contribution is -2.17. The molecule has 3 aromatic carbocycles. The SMILES string of the molecule is O=C(Nc1ccc2c(c1)CCC2)c1ccccc1C(=O)c1ccc(Cl)c([N+](=O)[O-])c1. The number of fused-ring (bicyclic) bond motifs is 1. The number of aryl methyl sites for hydroxylation is 2. The number of benzene rings is 3. The molecule has 0 saturated heterocycles. The highest BCUT2D eigenvalue weighted by Crippen LogP contribution is 2.28. The van der Waals surface area contributed by atoms with Crippen molar-refractivity contribution in [2.24, 2.45) is 0 Å². The van der Waals surface area contributed by atoms with Crippen LogP contribution in [0.25, 0.3) is 0 Å². The minimum Gasteiger partial charge on any atom is -0.322 e. The Morgan fingerprint density at radius 2 is 1.67 bits per heavy atom. The standard InChI is InChI=1S/C23H17ClN2O4/c24-20-11-9-16(13-21(20)26(29)30)22(27)18-6-1-2-7-19(18)23(28)25-17-10-8-14-4-3-5-15(14)12-17/h1-2,6-13H,3-5H2,(H,25,28). The molecule has 150 valence electrons. The highest BCUT2D eigenvalue weighted by Gasteiger charge is 2.22. The number of hydrogen-bond donors (Lipinski definition) is 1. The summed E-state index contributed by atoms with van der Waals surface area (Å²) in [6, 6.07) is 16.1. The summed E-state index contributed by atoms with van der Waals surface area (Å²) < 4.78 is 0. The van der Waals surface area contributed by atoms with Crippen LogP contribution in [0, 0.1) is 10.1 Å². The maximum atomic E-state index is 13.0. The number of carbonyl (C=O) groups is 2. The molecule has 1 amide bonds. The lowest BCUT2D eigenvalue weighted by atomic mass is 9.97. The number of nitrogens with one attached hydrogen (secondary N) is 1. The molecule has 0 aliphatic heterocycles. The van der Waals surface area contributed by atoms with Crippen LogP contribution in [0.2, 0.25) is 5.02 Å². The van der Waals surface area contributed by atoms with Crippen molar-refractivity contribution < 1.29 is 14.5 Å². The minimum atomic E-state index is -0.647. The van der Waals surface area contributed by atoms with Gasteiger partial charge in [-0.3, -0.25) is 19.7 Å². The molecule has 0 atom stereocenters. The Labute approximate surface area is 177 Å². The molecule has 4 rings (SSSR count). The van der Waals surface area contributed by atoms with Crippen LogP contribution in [0.5, 0.6) is 0 Å². The maximum absolute atomic E-state index is 13.0. The molecule has 0 unspecified atom stereocenters. The zero-order chi connectivity index (χ0) is 21.3. The van der Waals surface area contributed by atoms with Gasteiger partial charge in [-0.15, -0.1) is 0 Å². The molecule has 0 bridgehead atoms. The molecule has 0 heterocycles. The molecule has 1 N–H and O–H groups in total. The molecular formula is C23H17ClN2O4. The Morgan fingerprint density at radius 3 is 2.43 bits per heavy atom.